The number of esters is 1. The first-order valence-corrected chi connectivity index (χ1v) is 5.33. The fourth-order valence-electron chi connectivity index (χ4n) is 1.81. The summed E-state index contributed by atoms with van der Waals surface area (Å²) in [5.74, 6) is 0.209. The van der Waals surface area contributed by atoms with E-state index in [4.69, 9.17) is 9.47 Å². The van der Waals surface area contributed by atoms with Gasteiger partial charge in [-0.25, -0.2) is 4.79 Å². The van der Waals surface area contributed by atoms with Gasteiger partial charge in [0.25, 0.3) is 0 Å². The average Bonchev–Trinajstić information content (AvgIpc) is 2.63. The third kappa shape index (κ3) is 2.47. The van der Waals surface area contributed by atoms with E-state index in [0.717, 1.165) is 25.7 Å². The van der Waals surface area contributed by atoms with E-state index < -0.39 is 5.60 Å². The Kier molecular flexibility index (Phi) is 3.93. The molecule has 3 heteroatoms. The highest BCUT2D eigenvalue weighted by Gasteiger charge is 2.42. The van der Waals surface area contributed by atoms with Gasteiger partial charge in [0, 0.05) is 7.11 Å². The Morgan fingerprint density at radius 2 is 1.93 bits per heavy atom. The van der Waals surface area contributed by atoms with E-state index in [-0.39, 0.29) is 5.97 Å². The zero-order valence-electron chi connectivity index (χ0n) is 9.34. The van der Waals surface area contributed by atoms with Crippen LogP contribution in [0.1, 0.15) is 39.5 Å². The van der Waals surface area contributed by atoms with Crippen LogP contribution in [-0.2, 0) is 14.3 Å². The van der Waals surface area contributed by atoms with E-state index >= 15 is 0 Å². The topological polar surface area (TPSA) is 35.5 Å². The lowest BCUT2D eigenvalue weighted by Gasteiger charge is -2.25. The predicted molar refractivity (Wildman–Crippen MR) is 54.0 cm³/mol. The molecule has 0 amide bonds. The maximum absolute atomic E-state index is 11.8. The standard InChI is InChI=1S/C11H20O3/c1-9(2)8-14-10(12)11(13-3)6-4-5-7-11/h9H,4-8H2,1-3H3. The molecule has 0 aromatic heterocycles. The fourth-order valence-corrected chi connectivity index (χ4v) is 1.81. The molecule has 1 rings (SSSR count). The van der Waals surface area contributed by atoms with Crippen molar-refractivity contribution >= 4 is 5.97 Å². The number of methoxy groups -OCH3 is 1. The lowest BCUT2D eigenvalue weighted by atomic mass is 10.0. The molecule has 0 spiro atoms. The fraction of sp³-hybridized carbons (Fsp3) is 0.909. The summed E-state index contributed by atoms with van der Waals surface area (Å²) in [7, 11) is 1.60. The van der Waals surface area contributed by atoms with Crippen molar-refractivity contribution in [2.24, 2.45) is 5.92 Å². The molecular weight excluding hydrogens is 180 g/mol. The Labute approximate surface area is 85.8 Å². The first kappa shape index (κ1) is 11.5. The van der Waals surface area contributed by atoms with Crippen molar-refractivity contribution in [1.82, 2.24) is 0 Å². The molecule has 0 bridgehead atoms. The Bertz CT molecular complexity index is 193. The number of hydrogen-bond donors (Lipinski definition) is 0. The number of rotatable bonds is 4. The molecule has 82 valence electrons. The largest absolute Gasteiger partial charge is 0.463 e. The number of carbonyl (C=O) groups excluding carboxylic acids is 1. The summed E-state index contributed by atoms with van der Waals surface area (Å²) in [6.07, 6.45) is 3.73. The molecule has 3 nitrogen and oxygen atoms in total. The van der Waals surface area contributed by atoms with Gasteiger partial charge in [-0.3, -0.25) is 0 Å². The van der Waals surface area contributed by atoms with E-state index in [1.807, 2.05) is 13.8 Å². The minimum absolute atomic E-state index is 0.175. The van der Waals surface area contributed by atoms with Crippen LogP contribution in [0.2, 0.25) is 0 Å². The first-order chi connectivity index (χ1) is 6.60. The molecule has 0 aromatic carbocycles. The zero-order valence-corrected chi connectivity index (χ0v) is 9.34. The summed E-state index contributed by atoms with van der Waals surface area (Å²) in [6, 6.07) is 0. The van der Waals surface area contributed by atoms with Crippen LogP contribution >= 0.6 is 0 Å². The van der Waals surface area contributed by atoms with Gasteiger partial charge in [-0.05, 0) is 31.6 Å². The molecule has 1 aliphatic rings. The van der Waals surface area contributed by atoms with Gasteiger partial charge >= 0.3 is 5.97 Å². The average molecular weight is 200 g/mol. The van der Waals surface area contributed by atoms with Crippen LogP contribution in [0.3, 0.4) is 0 Å². The Morgan fingerprint density at radius 3 is 2.36 bits per heavy atom. The molecule has 1 aliphatic carbocycles. The molecule has 1 saturated carbocycles. The Balaban J connectivity index is 2.48. The summed E-state index contributed by atoms with van der Waals surface area (Å²) in [6.45, 7) is 4.55. The van der Waals surface area contributed by atoms with Gasteiger partial charge < -0.3 is 9.47 Å². The highest BCUT2D eigenvalue weighted by atomic mass is 16.6. The van der Waals surface area contributed by atoms with Crippen LogP contribution in [-0.4, -0.2) is 25.3 Å². The lowest BCUT2D eigenvalue weighted by Crippen LogP contribution is -2.39. The quantitative estimate of drug-likeness (QED) is 0.652. The minimum Gasteiger partial charge on any atom is -0.463 e. The highest BCUT2D eigenvalue weighted by molar-refractivity contribution is 5.80. The van der Waals surface area contributed by atoms with Crippen molar-refractivity contribution < 1.29 is 14.3 Å². The van der Waals surface area contributed by atoms with Gasteiger partial charge in [-0.1, -0.05) is 13.8 Å². The predicted octanol–water partition coefficient (Wildman–Crippen LogP) is 2.14. The highest BCUT2D eigenvalue weighted by Crippen LogP contribution is 2.33. The van der Waals surface area contributed by atoms with Gasteiger partial charge in [0.2, 0.25) is 0 Å². The second kappa shape index (κ2) is 4.78. The van der Waals surface area contributed by atoms with Crippen LogP contribution < -0.4 is 0 Å². The third-order valence-corrected chi connectivity index (χ3v) is 2.72. The normalized spacial score (nSPS) is 20.0. The molecule has 0 aliphatic heterocycles. The Hall–Kier alpha value is -0.570. The summed E-state index contributed by atoms with van der Waals surface area (Å²) < 4.78 is 10.5. The van der Waals surface area contributed by atoms with Crippen LogP contribution in [0.15, 0.2) is 0 Å². The lowest BCUT2D eigenvalue weighted by molar-refractivity contribution is -0.169. The molecule has 0 saturated heterocycles. The summed E-state index contributed by atoms with van der Waals surface area (Å²) in [5, 5.41) is 0. The molecule has 0 atom stereocenters. The third-order valence-electron chi connectivity index (χ3n) is 2.72. The molecule has 0 N–H and O–H groups in total. The molecule has 14 heavy (non-hydrogen) atoms. The Morgan fingerprint density at radius 1 is 1.36 bits per heavy atom. The monoisotopic (exact) mass is 200 g/mol. The van der Waals surface area contributed by atoms with Crippen LogP contribution in [0.25, 0.3) is 0 Å². The van der Waals surface area contributed by atoms with E-state index in [9.17, 15) is 4.79 Å². The summed E-state index contributed by atoms with van der Waals surface area (Å²) in [5.41, 5.74) is -0.630. The van der Waals surface area contributed by atoms with E-state index in [0.29, 0.717) is 12.5 Å². The number of carbonyl (C=O) groups is 1. The summed E-state index contributed by atoms with van der Waals surface area (Å²) >= 11 is 0. The van der Waals surface area contributed by atoms with Crippen molar-refractivity contribution in [2.45, 2.75) is 45.1 Å². The van der Waals surface area contributed by atoms with Gasteiger partial charge in [0.1, 0.15) is 0 Å². The van der Waals surface area contributed by atoms with Gasteiger partial charge in [0.05, 0.1) is 6.61 Å². The second-order valence-electron chi connectivity index (χ2n) is 4.40. The molecule has 0 radical (unpaired) electrons. The number of ether oxygens (including phenoxy) is 2. The van der Waals surface area contributed by atoms with Crippen molar-refractivity contribution in [2.75, 3.05) is 13.7 Å². The maximum Gasteiger partial charge on any atom is 0.338 e. The van der Waals surface area contributed by atoms with Gasteiger partial charge in [0.15, 0.2) is 5.60 Å². The molecule has 0 unspecified atom stereocenters. The molecule has 1 fully saturated rings. The van der Waals surface area contributed by atoms with Crippen molar-refractivity contribution in [3.8, 4) is 0 Å². The zero-order chi connectivity index (χ0) is 10.6. The van der Waals surface area contributed by atoms with Crippen molar-refractivity contribution in [3.05, 3.63) is 0 Å². The smallest absolute Gasteiger partial charge is 0.338 e. The molecule has 0 aromatic rings. The van der Waals surface area contributed by atoms with Gasteiger partial charge in [-0.15, -0.1) is 0 Å². The number of hydrogen-bond acceptors (Lipinski definition) is 3. The van der Waals surface area contributed by atoms with E-state index in [1.54, 1.807) is 7.11 Å². The summed E-state index contributed by atoms with van der Waals surface area (Å²) in [4.78, 5) is 11.8. The molecule has 0 heterocycles. The molecular formula is C11H20O3. The van der Waals surface area contributed by atoms with Crippen LogP contribution in [0.5, 0.6) is 0 Å². The van der Waals surface area contributed by atoms with E-state index in [1.165, 1.54) is 0 Å². The SMILES string of the molecule is COC1(C(=O)OCC(C)C)CCCC1. The van der Waals surface area contributed by atoms with E-state index in [2.05, 4.69) is 0 Å². The second-order valence-corrected chi connectivity index (χ2v) is 4.40. The first-order valence-electron chi connectivity index (χ1n) is 5.33. The van der Waals surface area contributed by atoms with Crippen molar-refractivity contribution in [3.63, 3.8) is 0 Å². The van der Waals surface area contributed by atoms with Gasteiger partial charge in [-0.2, -0.15) is 0 Å². The minimum atomic E-state index is -0.630. The maximum atomic E-state index is 11.8. The van der Waals surface area contributed by atoms with Crippen LogP contribution in [0, 0.1) is 5.92 Å². The van der Waals surface area contributed by atoms with Crippen molar-refractivity contribution in [1.29, 1.82) is 0 Å². The van der Waals surface area contributed by atoms with Crippen LogP contribution in [0.4, 0.5) is 0 Å².